The molecule has 0 fully saturated rings. The quantitative estimate of drug-likeness (QED) is 0.731. The van der Waals surface area contributed by atoms with Crippen LogP contribution in [0.1, 0.15) is 22.0 Å². The Morgan fingerprint density at radius 2 is 2.21 bits per heavy atom. The molecular formula is C9H9N3O2. The fourth-order valence-corrected chi connectivity index (χ4v) is 1.51. The first-order valence-electron chi connectivity index (χ1n) is 4.15. The Bertz CT molecular complexity index is 516. The summed E-state index contributed by atoms with van der Waals surface area (Å²) < 4.78 is 1.54. The van der Waals surface area contributed by atoms with Crippen LogP contribution in [0, 0.1) is 13.8 Å². The van der Waals surface area contributed by atoms with Crippen LogP contribution in [-0.2, 0) is 0 Å². The summed E-state index contributed by atoms with van der Waals surface area (Å²) >= 11 is 0. The monoisotopic (exact) mass is 191 g/mol. The van der Waals surface area contributed by atoms with Gasteiger partial charge in [0.1, 0.15) is 11.5 Å². The van der Waals surface area contributed by atoms with Crippen molar-refractivity contribution >= 4 is 11.6 Å². The molecule has 5 nitrogen and oxygen atoms in total. The summed E-state index contributed by atoms with van der Waals surface area (Å²) in [6, 6.07) is 1.69. The molecule has 1 N–H and O–H groups in total. The molecule has 72 valence electrons. The van der Waals surface area contributed by atoms with Crippen LogP contribution >= 0.6 is 0 Å². The van der Waals surface area contributed by atoms with E-state index in [9.17, 15) is 4.79 Å². The number of aryl methyl sites for hydroxylation is 2. The van der Waals surface area contributed by atoms with Crippen molar-refractivity contribution in [1.82, 2.24) is 14.4 Å². The highest BCUT2D eigenvalue weighted by Crippen LogP contribution is 2.12. The molecule has 0 atom stereocenters. The highest BCUT2D eigenvalue weighted by atomic mass is 16.4. The Kier molecular flexibility index (Phi) is 1.73. The molecule has 2 rings (SSSR count). The number of hydrogen-bond donors (Lipinski definition) is 1. The van der Waals surface area contributed by atoms with E-state index in [1.807, 2.05) is 0 Å². The molecule has 0 aliphatic heterocycles. The van der Waals surface area contributed by atoms with Crippen molar-refractivity contribution in [2.45, 2.75) is 13.8 Å². The molecule has 0 saturated heterocycles. The zero-order chi connectivity index (χ0) is 10.3. The largest absolute Gasteiger partial charge is 0.477 e. The molecular weight excluding hydrogens is 182 g/mol. The van der Waals surface area contributed by atoms with Gasteiger partial charge in [-0.15, -0.1) is 0 Å². The Morgan fingerprint density at radius 1 is 1.50 bits per heavy atom. The topological polar surface area (TPSA) is 67.5 Å². The van der Waals surface area contributed by atoms with Gasteiger partial charge in [0, 0.05) is 6.20 Å². The van der Waals surface area contributed by atoms with Gasteiger partial charge in [0.25, 0.3) is 0 Å². The molecule has 2 aromatic rings. The predicted octanol–water partition coefficient (Wildman–Crippen LogP) is 1.04. The highest BCUT2D eigenvalue weighted by molar-refractivity contribution is 5.88. The fraction of sp³-hybridized carbons (Fsp3) is 0.222. The number of aromatic nitrogens is 3. The zero-order valence-electron chi connectivity index (χ0n) is 7.85. The molecule has 14 heavy (non-hydrogen) atoms. The summed E-state index contributed by atoms with van der Waals surface area (Å²) in [6.07, 6.45) is 1.61. The Labute approximate surface area is 80.0 Å². The minimum atomic E-state index is -0.980. The van der Waals surface area contributed by atoms with Crippen LogP contribution in [0.3, 0.4) is 0 Å². The summed E-state index contributed by atoms with van der Waals surface area (Å²) in [6.45, 7) is 3.43. The van der Waals surface area contributed by atoms with Crippen molar-refractivity contribution in [3.8, 4) is 0 Å². The lowest BCUT2D eigenvalue weighted by molar-refractivity contribution is 0.0688. The van der Waals surface area contributed by atoms with Gasteiger partial charge < -0.3 is 5.11 Å². The lowest BCUT2D eigenvalue weighted by Gasteiger charge is -2.00. The molecule has 0 spiro atoms. The Balaban J connectivity index is 2.93. The van der Waals surface area contributed by atoms with Gasteiger partial charge in [-0.2, -0.15) is 0 Å². The van der Waals surface area contributed by atoms with Gasteiger partial charge in [-0.1, -0.05) is 0 Å². The third-order valence-corrected chi connectivity index (χ3v) is 2.09. The number of aromatic carboxylic acids is 1. The van der Waals surface area contributed by atoms with Crippen molar-refractivity contribution < 1.29 is 9.90 Å². The Hall–Kier alpha value is -1.91. The highest BCUT2D eigenvalue weighted by Gasteiger charge is 2.16. The Morgan fingerprint density at radius 3 is 2.86 bits per heavy atom. The maximum Gasteiger partial charge on any atom is 0.354 e. The van der Waals surface area contributed by atoms with Crippen LogP contribution < -0.4 is 0 Å². The SMILES string of the molecule is Cc1nc2ccnc(C)n2c1C(=O)O. The van der Waals surface area contributed by atoms with E-state index in [0.29, 0.717) is 17.2 Å². The molecule has 0 aliphatic rings. The van der Waals surface area contributed by atoms with E-state index in [1.165, 1.54) is 4.40 Å². The number of imidazole rings is 1. The standard InChI is InChI=1S/C9H9N3O2/c1-5-8(9(13)14)12-6(2)10-4-3-7(12)11-5/h3-4H,1-2H3,(H,13,14). The van der Waals surface area contributed by atoms with Gasteiger partial charge in [-0.3, -0.25) is 4.40 Å². The number of carboxylic acid groups (broad SMARTS) is 1. The average Bonchev–Trinajstić information content (AvgIpc) is 2.42. The van der Waals surface area contributed by atoms with Crippen LogP contribution in [-0.4, -0.2) is 25.4 Å². The third kappa shape index (κ3) is 1.06. The van der Waals surface area contributed by atoms with E-state index in [4.69, 9.17) is 5.11 Å². The minimum Gasteiger partial charge on any atom is -0.477 e. The average molecular weight is 191 g/mol. The second-order valence-corrected chi connectivity index (χ2v) is 3.04. The minimum absolute atomic E-state index is 0.186. The van der Waals surface area contributed by atoms with Gasteiger partial charge in [-0.05, 0) is 19.9 Å². The van der Waals surface area contributed by atoms with Crippen molar-refractivity contribution in [2.75, 3.05) is 0 Å². The summed E-state index contributed by atoms with van der Waals surface area (Å²) in [4.78, 5) is 19.1. The van der Waals surface area contributed by atoms with E-state index in [-0.39, 0.29) is 5.69 Å². The smallest absolute Gasteiger partial charge is 0.354 e. The van der Waals surface area contributed by atoms with Crippen molar-refractivity contribution in [1.29, 1.82) is 0 Å². The van der Waals surface area contributed by atoms with Crippen molar-refractivity contribution in [3.63, 3.8) is 0 Å². The normalized spacial score (nSPS) is 10.7. The first kappa shape index (κ1) is 8.68. The number of rotatable bonds is 1. The first-order valence-corrected chi connectivity index (χ1v) is 4.15. The molecule has 0 amide bonds. The third-order valence-electron chi connectivity index (χ3n) is 2.09. The predicted molar refractivity (Wildman–Crippen MR) is 49.4 cm³/mol. The molecule has 0 unspecified atom stereocenters. The van der Waals surface area contributed by atoms with Crippen molar-refractivity contribution in [2.24, 2.45) is 0 Å². The number of nitrogens with zero attached hydrogens (tertiary/aromatic N) is 3. The molecule has 0 bridgehead atoms. The van der Waals surface area contributed by atoms with E-state index in [2.05, 4.69) is 9.97 Å². The molecule has 0 saturated carbocycles. The zero-order valence-corrected chi connectivity index (χ0v) is 7.85. The van der Waals surface area contributed by atoms with Crippen LogP contribution in [0.2, 0.25) is 0 Å². The van der Waals surface area contributed by atoms with Crippen molar-refractivity contribution in [3.05, 3.63) is 29.5 Å². The summed E-state index contributed by atoms with van der Waals surface area (Å²) in [5.41, 5.74) is 1.31. The molecule has 2 aromatic heterocycles. The summed E-state index contributed by atoms with van der Waals surface area (Å²) in [5.74, 6) is -0.355. The second kappa shape index (κ2) is 2.80. The van der Waals surface area contributed by atoms with E-state index in [1.54, 1.807) is 26.1 Å². The summed E-state index contributed by atoms with van der Waals surface area (Å²) in [7, 11) is 0. The first-order chi connectivity index (χ1) is 6.61. The van der Waals surface area contributed by atoms with Crippen LogP contribution in [0.25, 0.3) is 5.65 Å². The number of carboxylic acids is 1. The lowest BCUT2D eigenvalue weighted by Crippen LogP contribution is -2.06. The van der Waals surface area contributed by atoms with E-state index < -0.39 is 5.97 Å². The molecule has 5 heteroatoms. The molecule has 2 heterocycles. The van der Waals surface area contributed by atoms with Gasteiger partial charge in [-0.25, -0.2) is 14.8 Å². The summed E-state index contributed by atoms with van der Waals surface area (Å²) in [5, 5.41) is 8.99. The number of hydrogen-bond acceptors (Lipinski definition) is 3. The maximum absolute atomic E-state index is 11.0. The van der Waals surface area contributed by atoms with Gasteiger partial charge in [0.2, 0.25) is 0 Å². The lowest BCUT2D eigenvalue weighted by atomic mass is 10.3. The van der Waals surface area contributed by atoms with Crippen LogP contribution in [0.4, 0.5) is 0 Å². The van der Waals surface area contributed by atoms with Gasteiger partial charge in [0.05, 0.1) is 5.69 Å². The second-order valence-electron chi connectivity index (χ2n) is 3.04. The van der Waals surface area contributed by atoms with Gasteiger partial charge in [0.15, 0.2) is 5.69 Å². The molecule has 0 aliphatic carbocycles. The van der Waals surface area contributed by atoms with Gasteiger partial charge >= 0.3 is 5.97 Å². The van der Waals surface area contributed by atoms with Crippen LogP contribution in [0.15, 0.2) is 12.3 Å². The van der Waals surface area contributed by atoms with E-state index in [0.717, 1.165) is 0 Å². The van der Waals surface area contributed by atoms with E-state index >= 15 is 0 Å². The van der Waals surface area contributed by atoms with Crippen LogP contribution in [0.5, 0.6) is 0 Å². The molecule has 0 aromatic carbocycles. The fourth-order valence-electron chi connectivity index (χ4n) is 1.51. The maximum atomic E-state index is 11.0. The molecule has 0 radical (unpaired) electrons. The number of carbonyl (C=O) groups is 1. The number of fused-ring (bicyclic) bond motifs is 1.